The van der Waals surface area contributed by atoms with Gasteiger partial charge in [0.05, 0.1) is 23.3 Å². The molecule has 1 aromatic carbocycles. The van der Waals surface area contributed by atoms with Crippen LogP contribution in [0, 0.1) is 6.92 Å². The summed E-state index contributed by atoms with van der Waals surface area (Å²) >= 11 is 1.22. The van der Waals surface area contributed by atoms with Crippen LogP contribution in [0.3, 0.4) is 0 Å². The van der Waals surface area contributed by atoms with Crippen molar-refractivity contribution >= 4 is 33.0 Å². The van der Waals surface area contributed by atoms with E-state index in [1.54, 1.807) is 22.9 Å². The molecule has 0 aliphatic heterocycles. The molecule has 0 spiro atoms. The molecule has 0 radical (unpaired) electrons. The summed E-state index contributed by atoms with van der Waals surface area (Å²) in [6.45, 7) is 1.81. The molecule has 20 heavy (non-hydrogen) atoms. The van der Waals surface area contributed by atoms with Gasteiger partial charge in [0.25, 0.3) is 10.0 Å². The first-order valence-electron chi connectivity index (χ1n) is 5.68. The summed E-state index contributed by atoms with van der Waals surface area (Å²) in [6, 6.07) is 6.54. The number of carbonyl (C=O) groups is 1. The molecule has 0 aliphatic rings. The van der Waals surface area contributed by atoms with Gasteiger partial charge < -0.3 is 4.74 Å². The Bertz CT molecular complexity index is 734. The van der Waals surface area contributed by atoms with Crippen LogP contribution in [0.1, 0.15) is 15.9 Å². The number of sulfonamides is 1. The fraction of sp³-hybridized carbons (Fsp3) is 0.154. The summed E-state index contributed by atoms with van der Waals surface area (Å²) in [5.74, 6) is -0.576. The third-order valence-electron chi connectivity index (χ3n) is 2.61. The number of anilines is 1. The van der Waals surface area contributed by atoms with Crippen molar-refractivity contribution in [3.8, 4) is 0 Å². The Kier molecular flexibility index (Phi) is 4.10. The molecule has 5 nitrogen and oxygen atoms in total. The molecule has 0 amide bonds. The summed E-state index contributed by atoms with van der Waals surface area (Å²) in [5, 5.41) is 3.10. The Morgan fingerprint density at radius 2 is 2.05 bits per heavy atom. The fourth-order valence-corrected chi connectivity index (χ4v) is 3.63. The van der Waals surface area contributed by atoms with Gasteiger partial charge in [0, 0.05) is 10.8 Å². The van der Waals surface area contributed by atoms with E-state index < -0.39 is 16.0 Å². The average molecular weight is 311 g/mol. The van der Waals surface area contributed by atoms with Gasteiger partial charge in [-0.05, 0) is 24.6 Å². The van der Waals surface area contributed by atoms with Crippen molar-refractivity contribution in [2.75, 3.05) is 11.8 Å². The first-order valence-corrected chi connectivity index (χ1v) is 8.10. The zero-order valence-corrected chi connectivity index (χ0v) is 12.5. The lowest BCUT2D eigenvalue weighted by Gasteiger charge is -2.08. The highest BCUT2D eigenvalue weighted by Crippen LogP contribution is 2.25. The lowest BCUT2D eigenvalue weighted by molar-refractivity contribution is 0.0602. The number of methoxy groups -OCH3 is 1. The average Bonchev–Trinajstić information content (AvgIpc) is 2.85. The highest BCUT2D eigenvalue weighted by Gasteiger charge is 2.19. The lowest BCUT2D eigenvalue weighted by atomic mass is 10.2. The zero-order valence-electron chi connectivity index (χ0n) is 10.9. The molecule has 0 bridgehead atoms. The topological polar surface area (TPSA) is 72.5 Å². The second kappa shape index (κ2) is 5.64. The van der Waals surface area contributed by atoms with Crippen molar-refractivity contribution in [1.29, 1.82) is 0 Å². The maximum Gasteiger partial charge on any atom is 0.340 e. The van der Waals surface area contributed by atoms with Crippen LogP contribution in [-0.2, 0) is 14.8 Å². The SMILES string of the molecule is COC(=O)c1cscc1NS(=O)(=O)c1cccc(C)c1. The minimum Gasteiger partial charge on any atom is -0.465 e. The molecule has 0 aliphatic carbocycles. The van der Waals surface area contributed by atoms with Crippen LogP contribution < -0.4 is 4.72 Å². The van der Waals surface area contributed by atoms with Crippen LogP contribution in [0.2, 0.25) is 0 Å². The van der Waals surface area contributed by atoms with Gasteiger partial charge in [-0.2, -0.15) is 0 Å². The van der Waals surface area contributed by atoms with E-state index in [-0.39, 0.29) is 16.1 Å². The Labute approximate surface area is 121 Å². The lowest BCUT2D eigenvalue weighted by Crippen LogP contribution is -2.15. The van der Waals surface area contributed by atoms with Gasteiger partial charge in [0.15, 0.2) is 0 Å². The van der Waals surface area contributed by atoms with Gasteiger partial charge in [-0.25, -0.2) is 13.2 Å². The number of esters is 1. The quantitative estimate of drug-likeness (QED) is 0.881. The number of ether oxygens (including phenoxy) is 1. The summed E-state index contributed by atoms with van der Waals surface area (Å²) in [6.07, 6.45) is 0. The minimum atomic E-state index is -3.72. The van der Waals surface area contributed by atoms with E-state index in [1.165, 1.54) is 24.5 Å². The Balaban J connectivity index is 2.34. The van der Waals surface area contributed by atoms with E-state index in [0.29, 0.717) is 0 Å². The molecular weight excluding hydrogens is 298 g/mol. The predicted molar refractivity (Wildman–Crippen MR) is 77.6 cm³/mol. The standard InChI is InChI=1S/C13H13NO4S2/c1-9-4-3-5-10(6-9)20(16,17)14-12-8-19-7-11(12)13(15)18-2/h3-8,14H,1-2H3. The molecule has 7 heteroatoms. The van der Waals surface area contributed by atoms with E-state index in [1.807, 2.05) is 13.0 Å². The summed E-state index contributed by atoms with van der Waals surface area (Å²) in [4.78, 5) is 11.7. The number of nitrogens with one attached hydrogen (secondary N) is 1. The van der Waals surface area contributed by atoms with Crippen molar-refractivity contribution in [2.45, 2.75) is 11.8 Å². The third-order valence-corrected chi connectivity index (χ3v) is 4.72. The van der Waals surface area contributed by atoms with Crippen LogP contribution in [0.15, 0.2) is 39.9 Å². The molecule has 1 aromatic heterocycles. The van der Waals surface area contributed by atoms with Crippen molar-refractivity contribution in [1.82, 2.24) is 0 Å². The predicted octanol–water partition coefficient (Wildman–Crippen LogP) is 2.64. The summed E-state index contributed by atoms with van der Waals surface area (Å²) in [5.41, 5.74) is 1.27. The normalized spacial score (nSPS) is 11.1. The number of rotatable bonds is 4. The van der Waals surface area contributed by atoms with Gasteiger partial charge in [0.1, 0.15) is 0 Å². The van der Waals surface area contributed by atoms with Gasteiger partial charge in [-0.15, -0.1) is 11.3 Å². The van der Waals surface area contributed by atoms with E-state index in [4.69, 9.17) is 0 Å². The van der Waals surface area contributed by atoms with Crippen LogP contribution in [0.5, 0.6) is 0 Å². The van der Waals surface area contributed by atoms with Crippen molar-refractivity contribution in [3.05, 3.63) is 46.2 Å². The molecule has 2 aromatic rings. The molecule has 0 atom stereocenters. The zero-order chi connectivity index (χ0) is 14.8. The molecule has 0 fully saturated rings. The van der Waals surface area contributed by atoms with E-state index in [0.717, 1.165) is 5.56 Å². The number of carbonyl (C=O) groups excluding carboxylic acids is 1. The van der Waals surface area contributed by atoms with Crippen LogP contribution in [0.4, 0.5) is 5.69 Å². The number of aryl methyl sites for hydroxylation is 1. The second-order valence-electron chi connectivity index (χ2n) is 4.11. The maximum atomic E-state index is 12.3. The molecule has 1 heterocycles. The minimum absolute atomic E-state index is 0.152. The summed E-state index contributed by atoms with van der Waals surface area (Å²) < 4.78 is 31.5. The van der Waals surface area contributed by atoms with Crippen molar-refractivity contribution in [2.24, 2.45) is 0 Å². The largest absolute Gasteiger partial charge is 0.465 e. The number of hydrogen-bond acceptors (Lipinski definition) is 5. The molecule has 2 rings (SSSR count). The maximum absolute atomic E-state index is 12.3. The highest BCUT2D eigenvalue weighted by molar-refractivity contribution is 7.92. The number of benzene rings is 1. The first kappa shape index (κ1) is 14.5. The Morgan fingerprint density at radius 3 is 2.70 bits per heavy atom. The fourth-order valence-electron chi connectivity index (χ4n) is 1.63. The smallest absolute Gasteiger partial charge is 0.340 e. The van der Waals surface area contributed by atoms with E-state index in [2.05, 4.69) is 9.46 Å². The van der Waals surface area contributed by atoms with Gasteiger partial charge in [0.2, 0.25) is 0 Å². The van der Waals surface area contributed by atoms with Crippen LogP contribution in [0.25, 0.3) is 0 Å². The Morgan fingerprint density at radius 1 is 1.30 bits per heavy atom. The van der Waals surface area contributed by atoms with E-state index >= 15 is 0 Å². The van der Waals surface area contributed by atoms with Crippen molar-refractivity contribution in [3.63, 3.8) is 0 Å². The number of hydrogen-bond donors (Lipinski definition) is 1. The van der Waals surface area contributed by atoms with Gasteiger partial charge in [-0.1, -0.05) is 12.1 Å². The van der Waals surface area contributed by atoms with Crippen LogP contribution in [-0.4, -0.2) is 21.5 Å². The summed E-state index contributed by atoms with van der Waals surface area (Å²) in [7, 11) is -2.47. The molecule has 1 N–H and O–H groups in total. The molecule has 0 unspecified atom stereocenters. The molecular formula is C13H13NO4S2. The van der Waals surface area contributed by atoms with Crippen LogP contribution >= 0.6 is 11.3 Å². The third kappa shape index (κ3) is 3.00. The second-order valence-corrected chi connectivity index (χ2v) is 6.54. The van der Waals surface area contributed by atoms with Crippen molar-refractivity contribution < 1.29 is 17.9 Å². The molecule has 0 saturated heterocycles. The van der Waals surface area contributed by atoms with E-state index in [9.17, 15) is 13.2 Å². The first-order chi connectivity index (χ1) is 9.44. The highest BCUT2D eigenvalue weighted by atomic mass is 32.2. The molecule has 0 saturated carbocycles. The Hall–Kier alpha value is -1.86. The number of thiophene rings is 1. The molecule has 106 valence electrons. The van der Waals surface area contributed by atoms with Gasteiger partial charge >= 0.3 is 5.97 Å². The monoisotopic (exact) mass is 311 g/mol. The van der Waals surface area contributed by atoms with Gasteiger partial charge in [-0.3, -0.25) is 4.72 Å².